The lowest BCUT2D eigenvalue weighted by molar-refractivity contribution is 0.0332. The van der Waals surface area contributed by atoms with Gasteiger partial charge in [0, 0.05) is 32.1 Å². The Labute approximate surface area is 168 Å². The molecule has 0 bridgehead atoms. The molecule has 1 atom stereocenters. The van der Waals surface area contributed by atoms with Crippen LogP contribution in [0.15, 0.2) is 59.4 Å². The van der Waals surface area contributed by atoms with Crippen molar-refractivity contribution in [2.45, 2.75) is 6.04 Å². The molecule has 1 amide bonds. The molecule has 0 spiro atoms. The molecule has 2 heterocycles. The second kappa shape index (κ2) is 8.55. The molecule has 1 fully saturated rings. The Morgan fingerprint density at radius 3 is 2.45 bits per heavy atom. The van der Waals surface area contributed by atoms with Gasteiger partial charge in [0.2, 0.25) is 0 Å². The number of carbonyl (C=O) groups is 1. The Balaban J connectivity index is 1.65. The number of nitrogens with zero attached hydrogens (tertiary/aromatic N) is 3. The van der Waals surface area contributed by atoms with E-state index in [4.69, 9.17) is 4.74 Å². The van der Waals surface area contributed by atoms with Gasteiger partial charge < -0.3 is 10.1 Å². The van der Waals surface area contributed by atoms with Crippen molar-refractivity contribution < 1.29 is 9.53 Å². The van der Waals surface area contributed by atoms with Crippen molar-refractivity contribution in [1.82, 2.24) is 20.0 Å². The van der Waals surface area contributed by atoms with Crippen LogP contribution < -0.4 is 10.9 Å². The second-order valence-corrected chi connectivity index (χ2v) is 7.17. The van der Waals surface area contributed by atoms with Crippen molar-refractivity contribution in [3.8, 4) is 0 Å². The molecule has 3 aromatic rings. The van der Waals surface area contributed by atoms with Crippen LogP contribution in [0, 0.1) is 0 Å². The smallest absolute Gasteiger partial charge is 0.274 e. The van der Waals surface area contributed by atoms with Crippen LogP contribution in [0.5, 0.6) is 0 Å². The fourth-order valence-corrected chi connectivity index (χ4v) is 3.66. The number of morpholine rings is 1. The fourth-order valence-electron chi connectivity index (χ4n) is 3.66. The number of benzene rings is 2. The first-order valence-electron chi connectivity index (χ1n) is 9.75. The van der Waals surface area contributed by atoms with Crippen LogP contribution in [0.1, 0.15) is 22.1 Å². The zero-order valence-corrected chi connectivity index (χ0v) is 16.4. The predicted molar refractivity (Wildman–Crippen MR) is 111 cm³/mol. The average Bonchev–Trinajstić information content (AvgIpc) is 2.77. The zero-order chi connectivity index (χ0) is 20.2. The molecule has 0 radical (unpaired) electrons. The molecule has 1 aliphatic rings. The van der Waals surface area contributed by atoms with Gasteiger partial charge in [-0.15, -0.1) is 0 Å². The third-order valence-corrected chi connectivity index (χ3v) is 5.22. The zero-order valence-electron chi connectivity index (χ0n) is 16.4. The van der Waals surface area contributed by atoms with E-state index in [1.165, 1.54) is 4.68 Å². The molecule has 150 valence electrons. The number of amides is 1. The van der Waals surface area contributed by atoms with Gasteiger partial charge in [0.25, 0.3) is 11.5 Å². The second-order valence-electron chi connectivity index (χ2n) is 7.17. The van der Waals surface area contributed by atoms with Gasteiger partial charge >= 0.3 is 0 Å². The van der Waals surface area contributed by atoms with Crippen LogP contribution >= 0.6 is 0 Å². The van der Waals surface area contributed by atoms with Gasteiger partial charge in [-0.1, -0.05) is 48.5 Å². The SMILES string of the molecule is Cn1nc(C(=O)N[C@@H](CN2CCOCC2)c2ccccc2)c2ccccc2c1=O. The third kappa shape index (κ3) is 4.21. The molecular formula is C22H24N4O3. The summed E-state index contributed by atoms with van der Waals surface area (Å²) in [6, 6.07) is 16.8. The molecule has 0 unspecified atom stereocenters. The highest BCUT2D eigenvalue weighted by atomic mass is 16.5. The van der Waals surface area contributed by atoms with Gasteiger partial charge in [0.05, 0.1) is 24.6 Å². The quantitative estimate of drug-likeness (QED) is 0.716. The van der Waals surface area contributed by atoms with Crippen molar-refractivity contribution in [2.24, 2.45) is 7.05 Å². The van der Waals surface area contributed by atoms with Crippen molar-refractivity contribution in [2.75, 3.05) is 32.8 Å². The summed E-state index contributed by atoms with van der Waals surface area (Å²) in [7, 11) is 1.56. The molecule has 29 heavy (non-hydrogen) atoms. The molecule has 1 aromatic heterocycles. The molecule has 7 nitrogen and oxygen atoms in total. The lowest BCUT2D eigenvalue weighted by Crippen LogP contribution is -2.43. The summed E-state index contributed by atoms with van der Waals surface area (Å²) in [5.74, 6) is -0.293. The van der Waals surface area contributed by atoms with E-state index in [0.29, 0.717) is 30.5 Å². The lowest BCUT2D eigenvalue weighted by Gasteiger charge is -2.31. The van der Waals surface area contributed by atoms with E-state index >= 15 is 0 Å². The van der Waals surface area contributed by atoms with Crippen LogP contribution in [-0.4, -0.2) is 53.4 Å². The summed E-state index contributed by atoms with van der Waals surface area (Å²) in [6.07, 6.45) is 0. The van der Waals surface area contributed by atoms with Crippen LogP contribution in [0.4, 0.5) is 0 Å². The van der Waals surface area contributed by atoms with E-state index < -0.39 is 0 Å². The van der Waals surface area contributed by atoms with Crippen molar-refractivity contribution >= 4 is 16.7 Å². The van der Waals surface area contributed by atoms with Crippen LogP contribution in [0.2, 0.25) is 0 Å². The maximum absolute atomic E-state index is 13.2. The minimum Gasteiger partial charge on any atom is -0.379 e. The molecule has 0 aliphatic carbocycles. The molecule has 1 N–H and O–H groups in total. The molecule has 1 saturated heterocycles. The first-order valence-corrected chi connectivity index (χ1v) is 9.75. The topological polar surface area (TPSA) is 76.5 Å². The number of carbonyl (C=O) groups excluding carboxylic acids is 1. The number of hydrogen-bond acceptors (Lipinski definition) is 5. The van der Waals surface area contributed by atoms with E-state index in [1.807, 2.05) is 36.4 Å². The summed E-state index contributed by atoms with van der Waals surface area (Å²) in [5.41, 5.74) is 1.07. The highest BCUT2D eigenvalue weighted by Crippen LogP contribution is 2.18. The van der Waals surface area contributed by atoms with E-state index in [9.17, 15) is 9.59 Å². The number of hydrogen-bond donors (Lipinski definition) is 1. The van der Waals surface area contributed by atoms with Crippen molar-refractivity contribution in [3.63, 3.8) is 0 Å². The molecule has 4 rings (SSSR count). The molecule has 7 heteroatoms. The number of ether oxygens (including phenoxy) is 1. The fraction of sp³-hybridized carbons (Fsp3) is 0.318. The van der Waals surface area contributed by atoms with Crippen LogP contribution in [0.25, 0.3) is 10.8 Å². The summed E-state index contributed by atoms with van der Waals surface area (Å²) in [5, 5.41) is 8.44. The lowest BCUT2D eigenvalue weighted by atomic mass is 10.0. The molecular weight excluding hydrogens is 368 g/mol. The minimum atomic E-state index is -0.293. The minimum absolute atomic E-state index is 0.195. The first kappa shape index (κ1) is 19.3. The standard InChI is InChI=1S/C22H24N4O3/c1-25-22(28)18-10-6-5-9-17(18)20(24-25)21(27)23-19(16-7-3-2-4-8-16)15-26-11-13-29-14-12-26/h2-10,19H,11-15H2,1H3,(H,23,27)/t19-/m0/s1. The van der Waals surface area contributed by atoms with Gasteiger partial charge in [-0.3, -0.25) is 14.5 Å². The normalized spacial score (nSPS) is 15.9. The van der Waals surface area contributed by atoms with Crippen molar-refractivity contribution in [1.29, 1.82) is 0 Å². The highest BCUT2D eigenvalue weighted by Gasteiger charge is 2.23. The largest absolute Gasteiger partial charge is 0.379 e. The average molecular weight is 392 g/mol. The summed E-state index contributed by atoms with van der Waals surface area (Å²) < 4.78 is 6.66. The van der Waals surface area contributed by atoms with Crippen molar-refractivity contribution in [3.05, 3.63) is 76.2 Å². The summed E-state index contributed by atoms with van der Waals surface area (Å²) in [4.78, 5) is 27.9. The van der Waals surface area contributed by atoms with Gasteiger partial charge in [-0.2, -0.15) is 5.10 Å². The third-order valence-electron chi connectivity index (χ3n) is 5.22. The highest BCUT2D eigenvalue weighted by molar-refractivity contribution is 6.04. The monoisotopic (exact) mass is 392 g/mol. The number of aromatic nitrogens is 2. The summed E-state index contributed by atoms with van der Waals surface area (Å²) in [6.45, 7) is 3.74. The van der Waals surface area contributed by atoms with Gasteiger partial charge in [-0.05, 0) is 11.6 Å². The Hall–Kier alpha value is -3.03. The number of nitrogens with one attached hydrogen (secondary N) is 1. The number of rotatable bonds is 5. The van der Waals surface area contributed by atoms with Gasteiger partial charge in [0.1, 0.15) is 0 Å². The number of fused-ring (bicyclic) bond motifs is 1. The maximum atomic E-state index is 13.2. The van der Waals surface area contributed by atoms with E-state index in [-0.39, 0.29) is 23.2 Å². The van der Waals surface area contributed by atoms with E-state index in [1.54, 1.807) is 25.2 Å². The molecule has 1 aliphatic heterocycles. The maximum Gasteiger partial charge on any atom is 0.274 e. The molecule has 2 aromatic carbocycles. The molecule has 0 saturated carbocycles. The summed E-state index contributed by atoms with van der Waals surface area (Å²) >= 11 is 0. The van der Waals surface area contributed by atoms with Crippen LogP contribution in [0.3, 0.4) is 0 Å². The van der Waals surface area contributed by atoms with E-state index in [0.717, 1.165) is 18.7 Å². The van der Waals surface area contributed by atoms with E-state index in [2.05, 4.69) is 15.3 Å². The van der Waals surface area contributed by atoms with Gasteiger partial charge in [0.15, 0.2) is 5.69 Å². The Bertz CT molecular complexity index is 1060. The predicted octanol–water partition coefficient (Wildman–Crippen LogP) is 1.74. The Morgan fingerprint density at radius 1 is 1.07 bits per heavy atom. The van der Waals surface area contributed by atoms with Gasteiger partial charge in [-0.25, -0.2) is 4.68 Å². The Kier molecular flexibility index (Phi) is 5.69. The first-order chi connectivity index (χ1) is 14.1. The Morgan fingerprint density at radius 2 is 1.72 bits per heavy atom. The van der Waals surface area contributed by atoms with Crippen LogP contribution in [-0.2, 0) is 11.8 Å². The number of aryl methyl sites for hydroxylation is 1.